The first-order valence-corrected chi connectivity index (χ1v) is 4.97. The summed E-state index contributed by atoms with van der Waals surface area (Å²) in [6.45, 7) is 0. The van der Waals surface area contributed by atoms with Crippen molar-refractivity contribution >= 4 is 21.5 Å². The molecule has 0 unspecified atom stereocenters. The minimum atomic E-state index is -0.881. The molecule has 3 rings (SSSR count). The number of rotatable bonds is 0. The number of hydrogen-bond acceptors (Lipinski definition) is 0. The lowest BCUT2D eigenvalue weighted by atomic mass is 10.0. The minimum Gasteiger partial charge on any atom is -0.206 e. The third kappa shape index (κ3) is 1.32. The molecule has 0 nitrogen and oxygen atoms in total. The molecule has 3 aromatic carbocycles. The highest BCUT2D eigenvalue weighted by molar-refractivity contribution is 5.99. The Balaban J connectivity index is 2.69. The molecule has 0 bridgehead atoms. The standard InChI is InChI=1S/C14H5F3/c15-11-7-3-6-10-12(11)14(17)9-5-2-1-4-8(9)13(10)16/h2-6H. The van der Waals surface area contributed by atoms with Gasteiger partial charge in [-0.3, -0.25) is 0 Å². The summed E-state index contributed by atoms with van der Waals surface area (Å²) in [5, 5.41) is -0.287. The molecule has 17 heavy (non-hydrogen) atoms. The van der Waals surface area contributed by atoms with Crippen molar-refractivity contribution in [3.63, 3.8) is 0 Å². The van der Waals surface area contributed by atoms with Crippen molar-refractivity contribution in [2.24, 2.45) is 0 Å². The summed E-state index contributed by atoms with van der Waals surface area (Å²) in [4.78, 5) is 0. The van der Waals surface area contributed by atoms with Gasteiger partial charge in [0.15, 0.2) is 0 Å². The van der Waals surface area contributed by atoms with Crippen molar-refractivity contribution in [3.05, 3.63) is 59.9 Å². The largest absolute Gasteiger partial charge is 0.206 e. The molecule has 0 aliphatic heterocycles. The fourth-order valence-corrected chi connectivity index (χ4v) is 1.95. The fraction of sp³-hybridized carbons (Fsp3) is 0. The summed E-state index contributed by atoms with van der Waals surface area (Å²) < 4.78 is 41.6. The van der Waals surface area contributed by atoms with Gasteiger partial charge in [0, 0.05) is 22.2 Å². The SMILES string of the molecule is Fc1c2c[c]ccc2c(F)c2c(F)[c]ccc12. The lowest BCUT2D eigenvalue weighted by Crippen LogP contribution is -1.92. The highest BCUT2D eigenvalue weighted by Crippen LogP contribution is 2.31. The average Bonchev–Trinajstić information content (AvgIpc) is 2.36. The topological polar surface area (TPSA) is 0 Å². The van der Waals surface area contributed by atoms with Crippen molar-refractivity contribution in [1.29, 1.82) is 0 Å². The molecule has 0 N–H and O–H groups in total. The number of benzene rings is 3. The van der Waals surface area contributed by atoms with E-state index in [9.17, 15) is 13.2 Å². The Morgan fingerprint density at radius 1 is 0.824 bits per heavy atom. The Morgan fingerprint density at radius 3 is 2.41 bits per heavy atom. The van der Waals surface area contributed by atoms with Crippen LogP contribution in [0.5, 0.6) is 0 Å². The summed E-state index contributed by atoms with van der Waals surface area (Å²) >= 11 is 0. The van der Waals surface area contributed by atoms with E-state index in [2.05, 4.69) is 12.1 Å². The van der Waals surface area contributed by atoms with Crippen LogP contribution in [-0.2, 0) is 0 Å². The molecule has 3 aromatic rings. The van der Waals surface area contributed by atoms with Crippen LogP contribution in [0.2, 0.25) is 0 Å². The van der Waals surface area contributed by atoms with Crippen LogP contribution in [-0.4, -0.2) is 0 Å². The molecule has 0 spiro atoms. The van der Waals surface area contributed by atoms with Gasteiger partial charge in [0.2, 0.25) is 0 Å². The van der Waals surface area contributed by atoms with Crippen LogP contribution in [0.3, 0.4) is 0 Å². The van der Waals surface area contributed by atoms with Crippen LogP contribution < -0.4 is 0 Å². The summed E-state index contributed by atoms with van der Waals surface area (Å²) in [6.07, 6.45) is 0. The van der Waals surface area contributed by atoms with Gasteiger partial charge in [-0.05, 0) is 12.1 Å². The quantitative estimate of drug-likeness (QED) is 0.512. The Bertz CT molecular complexity index is 732. The van der Waals surface area contributed by atoms with Crippen molar-refractivity contribution in [2.45, 2.75) is 0 Å². The molecule has 82 valence electrons. The monoisotopic (exact) mass is 230 g/mol. The molecule has 0 saturated carbocycles. The summed E-state index contributed by atoms with van der Waals surface area (Å²) in [5.74, 6) is -2.28. The van der Waals surface area contributed by atoms with Crippen molar-refractivity contribution in [2.75, 3.05) is 0 Å². The Hall–Kier alpha value is -2.03. The minimum absolute atomic E-state index is 0.0484. The molecular weight excluding hydrogens is 225 g/mol. The second-order valence-corrected chi connectivity index (χ2v) is 3.68. The van der Waals surface area contributed by atoms with Gasteiger partial charge in [0.1, 0.15) is 17.5 Å². The zero-order chi connectivity index (χ0) is 12.0. The van der Waals surface area contributed by atoms with Gasteiger partial charge in [0.25, 0.3) is 0 Å². The van der Waals surface area contributed by atoms with E-state index >= 15 is 0 Å². The number of halogens is 3. The molecule has 0 fully saturated rings. The molecule has 0 aromatic heterocycles. The van der Waals surface area contributed by atoms with Gasteiger partial charge in [-0.2, -0.15) is 0 Å². The first-order valence-electron chi connectivity index (χ1n) is 4.97. The van der Waals surface area contributed by atoms with E-state index in [1.807, 2.05) is 0 Å². The predicted molar refractivity (Wildman–Crippen MR) is 59.0 cm³/mol. The average molecular weight is 230 g/mol. The molecule has 0 aliphatic carbocycles. The second-order valence-electron chi connectivity index (χ2n) is 3.68. The first-order chi connectivity index (χ1) is 8.20. The smallest absolute Gasteiger partial charge is 0.142 e. The highest BCUT2D eigenvalue weighted by atomic mass is 19.1. The molecule has 0 atom stereocenters. The van der Waals surface area contributed by atoms with Crippen LogP contribution in [0, 0.1) is 29.6 Å². The maximum Gasteiger partial charge on any atom is 0.142 e. The van der Waals surface area contributed by atoms with Gasteiger partial charge in [-0.1, -0.05) is 24.3 Å². The molecule has 3 heteroatoms. The van der Waals surface area contributed by atoms with Crippen LogP contribution >= 0.6 is 0 Å². The van der Waals surface area contributed by atoms with E-state index < -0.39 is 17.5 Å². The zero-order valence-electron chi connectivity index (χ0n) is 8.52. The Morgan fingerprint density at radius 2 is 1.59 bits per heavy atom. The van der Waals surface area contributed by atoms with Gasteiger partial charge in [-0.25, -0.2) is 13.2 Å². The molecular formula is C14H5F3. The van der Waals surface area contributed by atoms with Crippen LogP contribution in [0.25, 0.3) is 21.5 Å². The van der Waals surface area contributed by atoms with Crippen LogP contribution in [0.15, 0.2) is 30.3 Å². The van der Waals surface area contributed by atoms with E-state index in [1.165, 1.54) is 30.3 Å². The third-order valence-corrected chi connectivity index (χ3v) is 2.74. The lowest BCUT2D eigenvalue weighted by molar-refractivity contribution is 0.606. The lowest BCUT2D eigenvalue weighted by Gasteiger charge is -2.07. The van der Waals surface area contributed by atoms with Gasteiger partial charge < -0.3 is 0 Å². The summed E-state index contributed by atoms with van der Waals surface area (Å²) in [7, 11) is 0. The normalized spacial score (nSPS) is 11.2. The number of fused-ring (bicyclic) bond motifs is 2. The van der Waals surface area contributed by atoms with Gasteiger partial charge in [0.05, 0.1) is 5.39 Å². The Labute approximate surface area is 95.3 Å². The molecule has 0 heterocycles. The first kappa shape index (κ1) is 10.1. The van der Waals surface area contributed by atoms with Gasteiger partial charge >= 0.3 is 0 Å². The number of hydrogen-bond donors (Lipinski definition) is 0. The highest BCUT2D eigenvalue weighted by Gasteiger charge is 2.16. The maximum atomic E-state index is 14.1. The Kier molecular flexibility index (Phi) is 2.08. The predicted octanol–water partition coefficient (Wildman–Crippen LogP) is 4.01. The molecule has 2 radical (unpaired) electrons. The van der Waals surface area contributed by atoms with E-state index in [0.717, 1.165) is 0 Å². The maximum absolute atomic E-state index is 14.1. The van der Waals surface area contributed by atoms with Gasteiger partial charge in [-0.15, -0.1) is 0 Å². The molecule has 0 amide bonds. The third-order valence-electron chi connectivity index (χ3n) is 2.74. The second kappa shape index (κ2) is 3.48. The van der Waals surface area contributed by atoms with Crippen LogP contribution in [0.4, 0.5) is 13.2 Å². The van der Waals surface area contributed by atoms with Crippen molar-refractivity contribution in [3.8, 4) is 0 Å². The van der Waals surface area contributed by atoms with E-state index in [4.69, 9.17) is 0 Å². The fourth-order valence-electron chi connectivity index (χ4n) is 1.95. The van der Waals surface area contributed by atoms with E-state index in [1.54, 1.807) is 0 Å². The van der Waals surface area contributed by atoms with E-state index in [-0.39, 0.29) is 21.5 Å². The summed E-state index contributed by atoms with van der Waals surface area (Å²) in [5.41, 5.74) is 0. The zero-order valence-corrected chi connectivity index (χ0v) is 8.52. The molecule has 0 aliphatic rings. The van der Waals surface area contributed by atoms with Crippen molar-refractivity contribution in [1.82, 2.24) is 0 Å². The van der Waals surface area contributed by atoms with Crippen molar-refractivity contribution < 1.29 is 13.2 Å². The van der Waals surface area contributed by atoms with E-state index in [0.29, 0.717) is 0 Å². The molecule has 0 saturated heterocycles. The van der Waals surface area contributed by atoms with Crippen LogP contribution in [0.1, 0.15) is 0 Å². The summed E-state index contributed by atoms with van der Waals surface area (Å²) in [6, 6.07) is 11.6.